The Bertz CT molecular complexity index is 1130. The number of rotatable bonds is 7. The van der Waals surface area contributed by atoms with Gasteiger partial charge < -0.3 is 19.7 Å². The lowest BCUT2D eigenvalue weighted by molar-refractivity contribution is -0.117. The summed E-state index contributed by atoms with van der Waals surface area (Å²) in [5.41, 5.74) is 1.84. The smallest absolute Gasteiger partial charge is 0.255 e. The first kappa shape index (κ1) is 23.2. The topological polar surface area (TPSA) is 105 Å². The van der Waals surface area contributed by atoms with Gasteiger partial charge in [0.15, 0.2) is 0 Å². The molecule has 4 rings (SSSR count). The first-order valence-corrected chi connectivity index (χ1v) is 12.3. The van der Waals surface area contributed by atoms with Crippen LogP contribution in [0.1, 0.15) is 28.8 Å². The van der Waals surface area contributed by atoms with Crippen molar-refractivity contribution in [2.24, 2.45) is 0 Å². The van der Waals surface area contributed by atoms with Gasteiger partial charge in [0.1, 0.15) is 5.75 Å². The van der Waals surface area contributed by atoms with Crippen molar-refractivity contribution in [1.82, 2.24) is 9.62 Å². The standard InChI is InChI=1S/C23H27N3O6S/c1-31-21-9-8-19(33(29,30)25-11-13-32-14-12-25)15-20(21)23(28)24-16-17-4-6-18(7-5-17)26-10-2-3-22(26)27/h4-9,15H,2-3,10-14,16H2,1H3,(H,24,28). The predicted octanol–water partition coefficient (Wildman–Crippen LogP) is 1.77. The first-order valence-electron chi connectivity index (χ1n) is 10.8. The Morgan fingerprint density at radius 1 is 1.09 bits per heavy atom. The van der Waals surface area contributed by atoms with Gasteiger partial charge in [-0.1, -0.05) is 12.1 Å². The van der Waals surface area contributed by atoms with Crippen LogP contribution in [0.25, 0.3) is 0 Å². The van der Waals surface area contributed by atoms with Gasteiger partial charge in [-0.2, -0.15) is 4.31 Å². The molecule has 0 saturated carbocycles. The van der Waals surface area contributed by atoms with Gasteiger partial charge in [0.05, 0.1) is 30.8 Å². The lowest BCUT2D eigenvalue weighted by Crippen LogP contribution is -2.40. The largest absolute Gasteiger partial charge is 0.496 e. The van der Waals surface area contributed by atoms with E-state index in [1.165, 1.54) is 29.6 Å². The van der Waals surface area contributed by atoms with Crippen molar-refractivity contribution < 1.29 is 27.5 Å². The lowest BCUT2D eigenvalue weighted by atomic mass is 10.1. The molecule has 2 saturated heterocycles. The molecule has 33 heavy (non-hydrogen) atoms. The number of hydrogen-bond acceptors (Lipinski definition) is 6. The molecule has 0 bridgehead atoms. The van der Waals surface area contributed by atoms with Crippen molar-refractivity contribution in [3.05, 3.63) is 53.6 Å². The van der Waals surface area contributed by atoms with Gasteiger partial charge in [0.25, 0.3) is 5.91 Å². The fourth-order valence-corrected chi connectivity index (χ4v) is 5.39. The zero-order valence-corrected chi connectivity index (χ0v) is 19.3. The predicted molar refractivity (Wildman–Crippen MR) is 122 cm³/mol. The number of anilines is 1. The van der Waals surface area contributed by atoms with Crippen LogP contribution in [0, 0.1) is 0 Å². The summed E-state index contributed by atoms with van der Waals surface area (Å²) < 4.78 is 37.8. The molecule has 0 spiro atoms. The average molecular weight is 474 g/mol. The van der Waals surface area contributed by atoms with Crippen LogP contribution < -0.4 is 15.0 Å². The van der Waals surface area contributed by atoms with E-state index in [2.05, 4.69) is 5.32 Å². The molecule has 1 N–H and O–H groups in total. The van der Waals surface area contributed by atoms with Crippen molar-refractivity contribution in [2.75, 3.05) is 44.9 Å². The summed E-state index contributed by atoms with van der Waals surface area (Å²) in [6.07, 6.45) is 1.43. The van der Waals surface area contributed by atoms with Crippen LogP contribution in [0.4, 0.5) is 5.69 Å². The number of morpholine rings is 1. The van der Waals surface area contributed by atoms with Crippen molar-refractivity contribution in [1.29, 1.82) is 0 Å². The molecule has 2 aromatic carbocycles. The van der Waals surface area contributed by atoms with Gasteiger partial charge in [0, 0.05) is 38.3 Å². The number of carbonyl (C=O) groups is 2. The third kappa shape index (κ3) is 5.02. The second-order valence-electron chi connectivity index (χ2n) is 7.88. The molecule has 9 nitrogen and oxygen atoms in total. The molecule has 0 atom stereocenters. The number of carbonyl (C=O) groups excluding carboxylic acids is 2. The van der Waals surface area contributed by atoms with Crippen molar-refractivity contribution in [3.63, 3.8) is 0 Å². The number of hydrogen-bond donors (Lipinski definition) is 1. The third-order valence-corrected chi connectivity index (χ3v) is 7.69. The van der Waals surface area contributed by atoms with Gasteiger partial charge in [-0.25, -0.2) is 8.42 Å². The minimum absolute atomic E-state index is 0.0370. The summed E-state index contributed by atoms with van der Waals surface area (Å²) in [7, 11) is -2.31. The van der Waals surface area contributed by atoms with E-state index < -0.39 is 15.9 Å². The van der Waals surface area contributed by atoms with E-state index in [1.54, 1.807) is 4.90 Å². The highest BCUT2D eigenvalue weighted by Crippen LogP contribution is 2.26. The fourth-order valence-electron chi connectivity index (χ4n) is 3.95. The van der Waals surface area contributed by atoms with E-state index in [9.17, 15) is 18.0 Å². The highest BCUT2D eigenvalue weighted by molar-refractivity contribution is 7.89. The van der Waals surface area contributed by atoms with Crippen LogP contribution in [0.15, 0.2) is 47.4 Å². The van der Waals surface area contributed by atoms with Gasteiger partial charge in [-0.15, -0.1) is 0 Å². The second kappa shape index (κ2) is 9.90. The molecule has 10 heteroatoms. The second-order valence-corrected chi connectivity index (χ2v) is 9.81. The molecular weight excluding hydrogens is 446 g/mol. The van der Waals surface area contributed by atoms with Crippen LogP contribution in [-0.2, 0) is 26.1 Å². The number of ether oxygens (including phenoxy) is 2. The number of benzene rings is 2. The maximum Gasteiger partial charge on any atom is 0.255 e. The Labute approximate surface area is 193 Å². The van der Waals surface area contributed by atoms with E-state index in [0.29, 0.717) is 19.6 Å². The zero-order chi connectivity index (χ0) is 23.4. The van der Waals surface area contributed by atoms with Crippen molar-refractivity contribution >= 4 is 27.5 Å². The quantitative estimate of drug-likeness (QED) is 0.657. The van der Waals surface area contributed by atoms with Gasteiger partial charge in [-0.3, -0.25) is 9.59 Å². The SMILES string of the molecule is COc1ccc(S(=O)(=O)N2CCOCC2)cc1C(=O)NCc1ccc(N2CCCC2=O)cc1. The van der Waals surface area contributed by atoms with Crippen LogP contribution in [0.3, 0.4) is 0 Å². The molecule has 0 radical (unpaired) electrons. The molecule has 2 aliphatic rings. The molecule has 0 unspecified atom stereocenters. The van der Waals surface area contributed by atoms with Crippen LogP contribution in [0.2, 0.25) is 0 Å². The van der Waals surface area contributed by atoms with Gasteiger partial charge >= 0.3 is 0 Å². The van der Waals surface area contributed by atoms with Gasteiger partial charge in [-0.05, 0) is 42.3 Å². The summed E-state index contributed by atoms with van der Waals surface area (Å²) in [4.78, 5) is 26.6. The van der Waals surface area contributed by atoms with Crippen LogP contribution >= 0.6 is 0 Å². The van der Waals surface area contributed by atoms with Gasteiger partial charge in [0.2, 0.25) is 15.9 Å². The summed E-state index contributed by atoms with van der Waals surface area (Å²) in [6, 6.07) is 11.7. The van der Waals surface area contributed by atoms with E-state index >= 15 is 0 Å². The molecule has 0 aliphatic carbocycles. The fraction of sp³-hybridized carbons (Fsp3) is 0.391. The zero-order valence-electron chi connectivity index (χ0n) is 18.5. The molecule has 2 fully saturated rings. The van der Waals surface area contributed by atoms with E-state index in [-0.39, 0.29) is 41.7 Å². The number of amides is 2. The summed E-state index contributed by atoms with van der Waals surface area (Å²) in [5.74, 6) is -0.0314. The summed E-state index contributed by atoms with van der Waals surface area (Å²) in [6.45, 7) is 2.19. The summed E-state index contributed by atoms with van der Waals surface area (Å²) in [5, 5.41) is 2.82. The molecule has 176 valence electrons. The van der Waals surface area contributed by atoms with Crippen LogP contribution in [-0.4, -0.2) is 64.5 Å². The molecular formula is C23H27N3O6S. The third-order valence-electron chi connectivity index (χ3n) is 5.80. The van der Waals surface area contributed by atoms with E-state index in [4.69, 9.17) is 9.47 Å². The summed E-state index contributed by atoms with van der Waals surface area (Å²) >= 11 is 0. The molecule has 2 heterocycles. The Hall–Kier alpha value is -2.95. The molecule has 2 aliphatic heterocycles. The Kier molecular flexibility index (Phi) is 6.96. The lowest BCUT2D eigenvalue weighted by Gasteiger charge is -2.26. The maximum absolute atomic E-state index is 13.0. The molecule has 2 aromatic rings. The Morgan fingerprint density at radius 3 is 2.45 bits per heavy atom. The number of sulfonamides is 1. The average Bonchev–Trinajstić information content (AvgIpc) is 3.28. The number of nitrogens with zero attached hydrogens (tertiary/aromatic N) is 2. The highest BCUT2D eigenvalue weighted by atomic mass is 32.2. The monoisotopic (exact) mass is 473 g/mol. The maximum atomic E-state index is 13.0. The minimum atomic E-state index is -3.74. The minimum Gasteiger partial charge on any atom is -0.496 e. The highest BCUT2D eigenvalue weighted by Gasteiger charge is 2.28. The number of methoxy groups -OCH3 is 1. The first-order chi connectivity index (χ1) is 15.9. The Balaban J connectivity index is 1.47. The Morgan fingerprint density at radius 2 is 1.82 bits per heavy atom. The van der Waals surface area contributed by atoms with Crippen molar-refractivity contribution in [3.8, 4) is 5.75 Å². The van der Waals surface area contributed by atoms with Crippen LogP contribution in [0.5, 0.6) is 5.75 Å². The molecule has 2 amide bonds. The van der Waals surface area contributed by atoms with Crippen molar-refractivity contribution in [2.45, 2.75) is 24.3 Å². The van der Waals surface area contributed by atoms with E-state index in [1.807, 2.05) is 24.3 Å². The van der Waals surface area contributed by atoms with E-state index in [0.717, 1.165) is 24.2 Å². The normalized spacial score (nSPS) is 17.2. The molecule has 0 aromatic heterocycles. The number of nitrogens with one attached hydrogen (secondary N) is 1.